The second-order valence-corrected chi connectivity index (χ2v) is 6.60. The zero-order valence-corrected chi connectivity index (χ0v) is 16.5. The van der Waals surface area contributed by atoms with E-state index in [1.165, 1.54) is 12.0 Å². The third-order valence-corrected chi connectivity index (χ3v) is 4.11. The Morgan fingerprint density at radius 1 is 1.19 bits per heavy atom. The van der Waals surface area contributed by atoms with Crippen molar-refractivity contribution in [3.63, 3.8) is 0 Å². The van der Waals surface area contributed by atoms with Crippen molar-refractivity contribution >= 4 is 29.1 Å². The first kappa shape index (κ1) is 20.6. The quantitative estimate of drug-likeness (QED) is 0.785. The molecular formula is C20H23ClN2O4. The molecule has 1 unspecified atom stereocenters. The molecule has 7 heteroatoms. The molecule has 0 heterocycles. The number of rotatable bonds is 7. The van der Waals surface area contributed by atoms with Crippen LogP contribution in [-0.4, -0.2) is 43.5 Å². The minimum absolute atomic E-state index is 0.129. The van der Waals surface area contributed by atoms with Gasteiger partial charge in [-0.1, -0.05) is 29.3 Å². The number of hydrogen-bond acceptors (Lipinski definition) is 4. The maximum Gasteiger partial charge on any atom is 0.263 e. The van der Waals surface area contributed by atoms with Gasteiger partial charge in [-0.2, -0.15) is 0 Å². The van der Waals surface area contributed by atoms with Gasteiger partial charge in [0.2, 0.25) is 5.91 Å². The lowest BCUT2D eigenvalue weighted by Crippen LogP contribution is -2.42. The summed E-state index contributed by atoms with van der Waals surface area (Å²) in [6.45, 7) is 3.49. The van der Waals surface area contributed by atoms with Crippen molar-refractivity contribution in [3.8, 4) is 11.5 Å². The summed E-state index contributed by atoms with van der Waals surface area (Å²) in [5, 5.41) is 3.17. The predicted molar refractivity (Wildman–Crippen MR) is 106 cm³/mol. The normalized spacial score (nSPS) is 11.4. The van der Waals surface area contributed by atoms with Crippen LogP contribution in [0.2, 0.25) is 5.02 Å². The lowest BCUT2D eigenvalue weighted by molar-refractivity contribution is -0.139. The average Bonchev–Trinajstić information content (AvgIpc) is 2.63. The summed E-state index contributed by atoms with van der Waals surface area (Å²) in [7, 11) is 3.05. The van der Waals surface area contributed by atoms with Crippen LogP contribution in [0.1, 0.15) is 12.5 Å². The second-order valence-electron chi connectivity index (χ2n) is 6.16. The van der Waals surface area contributed by atoms with Crippen molar-refractivity contribution in [2.45, 2.75) is 20.0 Å². The van der Waals surface area contributed by atoms with Crippen molar-refractivity contribution in [1.82, 2.24) is 4.90 Å². The largest absolute Gasteiger partial charge is 0.495 e. The topological polar surface area (TPSA) is 67.9 Å². The third kappa shape index (κ3) is 5.89. The van der Waals surface area contributed by atoms with Gasteiger partial charge in [0, 0.05) is 12.1 Å². The van der Waals surface area contributed by atoms with Gasteiger partial charge in [-0.05, 0) is 44.2 Å². The van der Waals surface area contributed by atoms with E-state index in [1.807, 2.05) is 19.1 Å². The number of hydrogen-bond donors (Lipinski definition) is 1. The molecule has 0 aromatic heterocycles. The number of amides is 2. The van der Waals surface area contributed by atoms with Crippen molar-refractivity contribution in [2.75, 3.05) is 26.0 Å². The van der Waals surface area contributed by atoms with Gasteiger partial charge >= 0.3 is 0 Å². The van der Waals surface area contributed by atoms with Gasteiger partial charge in [0.05, 0.1) is 19.3 Å². The van der Waals surface area contributed by atoms with Gasteiger partial charge in [-0.15, -0.1) is 0 Å². The molecule has 0 fully saturated rings. The summed E-state index contributed by atoms with van der Waals surface area (Å²) in [4.78, 5) is 26.0. The molecule has 0 saturated carbocycles. The van der Waals surface area contributed by atoms with E-state index in [4.69, 9.17) is 21.1 Å². The first-order valence-corrected chi connectivity index (χ1v) is 8.79. The molecule has 2 amide bonds. The Balaban J connectivity index is 1.94. The minimum Gasteiger partial charge on any atom is -0.495 e. The van der Waals surface area contributed by atoms with E-state index < -0.39 is 6.10 Å². The molecule has 2 rings (SSSR count). The fourth-order valence-corrected chi connectivity index (χ4v) is 2.61. The van der Waals surface area contributed by atoms with E-state index in [-0.39, 0.29) is 18.4 Å². The van der Waals surface area contributed by atoms with Crippen molar-refractivity contribution in [3.05, 3.63) is 53.1 Å². The average molecular weight is 391 g/mol. The predicted octanol–water partition coefficient (Wildman–Crippen LogP) is 3.52. The Morgan fingerprint density at radius 3 is 2.48 bits per heavy atom. The van der Waals surface area contributed by atoms with Crippen molar-refractivity contribution in [1.29, 1.82) is 0 Å². The summed E-state index contributed by atoms with van der Waals surface area (Å²) >= 11 is 5.95. The Labute approximate surface area is 164 Å². The van der Waals surface area contributed by atoms with Crippen molar-refractivity contribution in [2.24, 2.45) is 0 Å². The molecule has 0 radical (unpaired) electrons. The van der Waals surface area contributed by atoms with Crippen LogP contribution in [0.15, 0.2) is 42.5 Å². The molecule has 0 bridgehead atoms. The van der Waals surface area contributed by atoms with Gasteiger partial charge in [0.25, 0.3) is 5.91 Å². The number of carbonyl (C=O) groups is 2. The number of ether oxygens (including phenoxy) is 2. The van der Waals surface area contributed by atoms with Gasteiger partial charge in [-0.25, -0.2) is 0 Å². The van der Waals surface area contributed by atoms with E-state index in [0.717, 1.165) is 5.56 Å². The molecule has 2 aromatic rings. The Morgan fingerprint density at radius 2 is 1.85 bits per heavy atom. The number of aryl methyl sites for hydroxylation is 1. The number of halogens is 1. The third-order valence-electron chi connectivity index (χ3n) is 3.87. The number of anilines is 1. The fraction of sp³-hybridized carbons (Fsp3) is 0.300. The van der Waals surface area contributed by atoms with E-state index in [1.54, 1.807) is 44.3 Å². The highest BCUT2D eigenvalue weighted by atomic mass is 35.5. The molecular weight excluding hydrogens is 368 g/mol. The molecule has 0 saturated heterocycles. The summed E-state index contributed by atoms with van der Waals surface area (Å²) < 4.78 is 10.8. The molecule has 0 aliphatic carbocycles. The zero-order valence-electron chi connectivity index (χ0n) is 15.8. The number of carbonyl (C=O) groups excluding carboxylic acids is 2. The SMILES string of the molecule is COc1ccc(Cl)cc1NC(=O)CN(C)C(=O)C(C)Oc1ccc(C)cc1. The number of benzene rings is 2. The number of methoxy groups -OCH3 is 1. The molecule has 0 spiro atoms. The number of nitrogens with zero attached hydrogens (tertiary/aromatic N) is 1. The highest BCUT2D eigenvalue weighted by molar-refractivity contribution is 6.31. The van der Waals surface area contributed by atoms with E-state index in [9.17, 15) is 9.59 Å². The smallest absolute Gasteiger partial charge is 0.263 e. The molecule has 144 valence electrons. The Kier molecular flexibility index (Phi) is 7.07. The maximum atomic E-state index is 12.5. The van der Waals surface area contributed by atoms with E-state index >= 15 is 0 Å². The second kappa shape index (κ2) is 9.28. The van der Waals surface area contributed by atoms with Crippen LogP contribution in [0.3, 0.4) is 0 Å². The fourth-order valence-electron chi connectivity index (χ4n) is 2.44. The van der Waals surface area contributed by atoms with Crippen LogP contribution < -0.4 is 14.8 Å². The van der Waals surface area contributed by atoms with E-state index in [0.29, 0.717) is 22.2 Å². The highest BCUT2D eigenvalue weighted by Crippen LogP contribution is 2.27. The van der Waals surface area contributed by atoms with Gasteiger partial charge < -0.3 is 19.7 Å². The summed E-state index contributed by atoms with van der Waals surface area (Å²) in [6.07, 6.45) is -0.716. The van der Waals surface area contributed by atoms with E-state index in [2.05, 4.69) is 5.32 Å². The molecule has 0 aliphatic rings. The van der Waals surface area contributed by atoms with Gasteiger partial charge in [0.15, 0.2) is 6.10 Å². The Bertz CT molecular complexity index is 808. The number of likely N-dealkylation sites (N-methyl/N-ethyl adjacent to an activating group) is 1. The van der Waals surface area contributed by atoms with Gasteiger partial charge in [0.1, 0.15) is 11.5 Å². The molecule has 1 atom stereocenters. The first-order chi connectivity index (χ1) is 12.8. The van der Waals surface area contributed by atoms with Gasteiger partial charge in [-0.3, -0.25) is 9.59 Å². The minimum atomic E-state index is -0.716. The molecule has 6 nitrogen and oxygen atoms in total. The molecule has 0 aliphatic heterocycles. The summed E-state index contributed by atoms with van der Waals surface area (Å²) in [5.41, 5.74) is 1.55. The van der Waals surface area contributed by atoms with Crippen LogP contribution in [0, 0.1) is 6.92 Å². The van der Waals surface area contributed by atoms with Crippen molar-refractivity contribution < 1.29 is 19.1 Å². The zero-order chi connectivity index (χ0) is 20.0. The molecule has 2 aromatic carbocycles. The Hall–Kier alpha value is -2.73. The first-order valence-electron chi connectivity index (χ1n) is 8.42. The summed E-state index contributed by atoms with van der Waals surface area (Å²) in [6, 6.07) is 12.3. The maximum absolute atomic E-state index is 12.5. The lowest BCUT2D eigenvalue weighted by Gasteiger charge is -2.22. The van der Waals surface area contributed by atoms with Crippen LogP contribution >= 0.6 is 11.6 Å². The monoisotopic (exact) mass is 390 g/mol. The van der Waals surface area contributed by atoms with Crippen LogP contribution in [0.5, 0.6) is 11.5 Å². The van der Waals surface area contributed by atoms with Crippen LogP contribution in [-0.2, 0) is 9.59 Å². The highest BCUT2D eigenvalue weighted by Gasteiger charge is 2.21. The lowest BCUT2D eigenvalue weighted by atomic mass is 10.2. The molecule has 27 heavy (non-hydrogen) atoms. The van der Waals surface area contributed by atoms with Crippen LogP contribution in [0.25, 0.3) is 0 Å². The standard InChI is InChI=1S/C20H23ClN2O4/c1-13-5-8-16(9-6-13)27-14(2)20(25)23(3)12-19(24)22-17-11-15(21)7-10-18(17)26-4/h5-11,14H,12H2,1-4H3,(H,22,24). The summed E-state index contributed by atoms with van der Waals surface area (Å²) in [5.74, 6) is 0.415. The number of nitrogens with one attached hydrogen (secondary N) is 1. The molecule has 1 N–H and O–H groups in total. The van der Waals surface area contributed by atoms with Crippen LogP contribution in [0.4, 0.5) is 5.69 Å².